The first-order chi connectivity index (χ1) is 5.83. The fraction of sp³-hybridized carbons (Fsp3) is 1.00. The molecular formula is C10H22O3. The number of hydrogen-bond acceptors (Lipinski definition) is 3. The molecule has 3 nitrogen and oxygen atoms in total. The molecule has 0 radical (unpaired) electrons. The van der Waals surface area contributed by atoms with E-state index < -0.39 is 0 Å². The van der Waals surface area contributed by atoms with Gasteiger partial charge in [-0.1, -0.05) is 0 Å². The van der Waals surface area contributed by atoms with E-state index in [-0.39, 0.29) is 11.2 Å². The Hall–Kier alpha value is -0.120. The van der Waals surface area contributed by atoms with Crippen LogP contribution in [0.2, 0.25) is 0 Å². The lowest BCUT2D eigenvalue weighted by Crippen LogP contribution is -2.44. The van der Waals surface area contributed by atoms with Crippen molar-refractivity contribution < 1.29 is 14.2 Å². The maximum absolute atomic E-state index is 5.86. The minimum atomic E-state index is -0.359. The molecule has 0 aromatic heterocycles. The summed E-state index contributed by atoms with van der Waals surface area (Å²) in [5.41, 5.74) is -0.534. The SMILES string of the molecule is COCC(C)(COC)OC(C)(C)C. The number of rotatable bonds is 5. The molecule has 80 valence electrons. The lowest BCUT2D eigenvalue weighted by molar-refractivity contribution is -0.171. The molecule has 0 unspecified atom stereocenters. The second kappa shape index (κ2) is 4.94. The Balaban J connectivity index is 4.22. The zero-order chi connectivity index (χ0) is 10.5. The lowest BCUT2D eigenvalue weighted by Gasteiger charge is -2.35. The molecule has 0 rings (SSSR count). The molecule has 0 atom stereocenters. The highest BCUT2D eigenvalue weighted by Gasteiger charge is 2.30. The summed E-state index contributed by atoms with van der Waals surface area (Å²) >= 11 is 0. The average molecular weight is 190 g/mol. The first kappa shape index (κ1) is 12.9. The van der Waals surface area contributed by atoms with E-state index in [1.165, 1.54) is 0 Å². The highest BCUT2D eigenvalue weighted by Crippen LogP contribution is 2.20. The Labute approximate surface area is 81.4 Å². The first-order valence-corrected chi connectivity index (χ1v) is 4.51. The van der Waals surface area contributed by atoms with Crippen LogP contribution in [0.3, 0.4) is 0 Å². The minimum absolute atomic E-state index is 0.175. The molecule has 0 heterocycles. The number of hydrogen-bond donors (Lipinski definition) is 0. The van der Waals surface area contributed by atoms with Gasteiger partial charge in [-0.2, -0.15) is 0 Å². The van der Waals surface area contributed by atoms with E-state index in [9.17, 15) is 0 Å². The molecule has 0 amide bonds. The Morgan fingerprint density at radius 3 is 1.46 bits per heavy atom. The topological polar surface area (TPSA) is 27.7 Å². The number of methoxy groups -OCH3 is 2. The van der Waals surface area contributed by atoms with Crippen LogP contribution in [0.1, 0.15) is 27.7 Å². The summed E-state index contributed by atoms with van der Waals surface area (Å²) < 4.78 is 16.1. The van der Waals surface area contributed by atoms with Crippen LogP contribution < -0.4 is 0 Å². The molecule has 0 aliphatic heterocycles. The van der Waals surface area contributed by atoms with Crippen LogP contribution >= 0.6 is 0 Å². The van der Waals surface area contributed by atoms with E-state index in [4.69, 9.17) is 14.2 Å². The zero-order valence-corrected chi connectivity index (χ0v) is 9.64. The van der Waals surface area contributed by atoms with Crippen molar-refractivity contribution in [2.75, 3.05) is 27.4 Å². The van der Waals surface area contributed by atoms with Gasteiger partial charge in [-0.05, 0) is 27.7 Å². The van der Waals surface area contributed by atoms with Crippen LogP contribution in [0.25, 0.3) is 0 Å². The second-order valence-corrected chi connectivity index (χ2v) is 4.53. The highest BCUT2D eigenvalue weighted by atomic mass is 16.6. The van der Waals surface area contributed by atoms with E-state index >= 15 is 0 Å². The van der Waals surface area contributed by atoms with Gasteiger partial charge in [0.25, 0.3) is 0 Å². The summed E-state index contributed by atoms with van der Waals surface area (Å²) in [5.74, 6) is 0. The third kappa shape index (κ3) is 6.02. The molecule has 0 bridgehead atoms. The van der Waals surface area contributed by atoms with Gasteiger partial charge < -0.3 is 14.2 Å². The molecular weight excluding hydrogens is 168 g/mol. The highest BCUT2D eigenvalue weighted by molar-refractivity contribution is 4.78. The van der Waals surface area contributed by atoms with E-state index in [1.54, 1.807) is 14.2 Å². The van der Waals surface area contributed by atoms with Crippen LogP contribution in [0.4, 0.5) is 0 Å². The Morgan fingerprint density at radius 1 is 0.846 bits per heavy atom. The fourth-order valence-electron chi connectivity index (χ4n) is 1.45. The predicted octanol–water partition coefficient (Wildman–Crippen LogP) is 1.85. The van der Waals surface area contributed by atoms with Gasteiger partial charge in [0.05, 0.1) is 18.8 Å². The maximum atomic E-state index is 5.86. The van der Waals surface area contributed by atoms with Gasteiger partial charge >= 0.3 is 0 Å². The van der Waals surface area contributed by atoms with E-state index in [0.717, 1.165) is 0 Å². The Kier molecular flexibility index (Phi) is 4.89. The third-order valence-electron chi connectivity index (χ3n) is 1.45. The molecule has 0 aliphatic carbocycles. The third-order valence-corrected chi connectivity index (χ3v) is 1.45. The second-order valence-electron chi connectivity index (χ2n) is 4.53. The first-order valence-electron chi connectivity index (χ1n) is 4.51. The predicted molar refractivity (Wildman–Crippen MR) is 53.0 cm³/mol. The maximum Gasteiger partial charge on any atom is 0.112 e. The monoisotopic (exact) mass is 190 g/mol. The molecule has 0 saturated carbocycles. The molecule has 0 fully saturated rings. The summed E-state index contributed by atoms with van der Waals surface area (Å²) in [5, 5.41) is 0. The summed E-state index contributed by atoms with van der Waals surface area (Å²) in [6.07, 6.45) is 0. The zero-order valence-electron chi connectivity index (χ0n) is 9.64. The van der Waals surface area contributed by atoms with Crippen LogP contribution in [0.15, 0.2) is 0 Å². The van der Waals surface area contributed by atoms with Crippen molar-refractivity contribution >= 4 is 0 Å². The summed E-state index contributed by atoms with van der Waals surface area (Å²) in [4.78, 5) is 0. The lowest BCUT2D eigenvalue weighted by atomic mass is 10.1. The van der Waals surface area contributed by atoms with Crippen molar-refractivity contribution in [1.29, 1.82) is 0 Å². The van der Waals surface area contributed by atoms with E-state index in [0.29, 0.717) is 13.2 Å². The van der Waals surface area contributed by atoms with Crippen LogP contribution in [0, 0.1) is 0 Å². The molecule has 0 N–H and O–H groups in total. The standard InChI is InChI=1S/C10H22O3/c1-9(2,3)13-10(4,7-11-5)8-12-6/h7-8H2,1-6H3. The van der Waals surface area contributed by atoms with Gasteiger partial charge in [-0.15, -0.1) is 0 Å². The molecule has 0 saturated heterocycles. The summed E-state index contributed by atoms with van der Waals surface area (Å²) in [7, 11) is 3.33. The summed E-state index contributed by atoms with van der Waals surface area (Å²) in [6.45, 7) is 9.14. The minimum Gasteiger partial charge on any atom is -0.382 e. The van der Waals surface area contributed by atoms with E-state index in [2.05, 4.69) is 0 Å². The van der Waals surface area contributed by atoms with Crippen LogP contribution in [-0.2, 0) is 14.2 Å². The molecule has 0 spiro atoms. The molecule has 13 heavy (non-hydrogen) atoms. The van der Waals surface area contributed by atoms with Gasteiger partial charge in [0.2, 0.25) is 0 Å². The summed E-state index contributed by atoms with van der Waals surface area (Å²) in [6, 6.07) is 0. The van der Waals surface area contributed by atoms with Crippen molar-refractivity contribution in [2.45, 2.75) is 38.9 Å². The smallest absolute Gasteiger partial charge is 0.112 e. The van der Waals surface area contributed by atoms with E-state index in [1.807, 2.05) is 27.7 Å². The van der Waals surface area contributed by atoms with Crippen LogP contribution in [-0.4, -0.2) is 38.6 Å². The normalized spacial score (nSPS) is 13.4. The van der Waals surface area contributed by atoms with Gasteiger partial charge in [0.15, 0.2) is 0 Å². The van der Waals surface area contributed by atoms with Gasteiger partial charge in [0, 0.05) is 14.2 Å². The molecule has 3 heteroatoms. The van der Waals surface area contributed by atoms with Gasteiger partial charge in [-0.3, -0.25) is 0 Å². The van der Waals surface area contributed by atoms with Gasteiger partial charge in [-0.25, -0.2) is 0 Å². The van der Waals surface area contributed by atoms with Crippen molar-refractivity contribution in [3.8, 4) is 0 Å². The number of ether oxygens (including phenoxy) is 3. The van der Waals surface area contributed by atoms with Crippen molar-refractivity contribution in [2.24, 2.45) is 0 Å². The Bertz CT molecular complexity index is 132. The molecule has 0 aromatic rings. The fourth-order valence-corrected chi connectivity index (χ4v) is 1.45. The average Bonchev–Trinajstić information content (AvgIpc) is 1.82. The van der Waals surface area contributed by atoms with Crippen molar-refractivity contribution in [3.63, 3.8) is 0 Å². The van der Waals surface area contributed by atoms with Crippen molar-refractivity contribution in [3.05, 3.63) is 0 Å². The largest absolute Gasteiger partial charge is 0.382 e. The quantitative estimate of drug-likeness (QED) is 0.662. The van der Waals surface area contributed by atoms with Crippen molar-refractivity contribution in [1.82, 2.24) is 0 Å². The molecule has 0 aromatic carbocycles. The Morgan fingerprint density at radius 2 is 1.23 bits per heavy atom. The van der Waals surface area contributed by atoms with Gasteiger partial charge in [0.1, 0.15) is 5.60 Å². The molecule has 0 aliphatic rings. The van der Waals surface area contributed by atoms with Crippen LogP contribution in [0.5, 0.6) is 0 Å².